The van der Waals surface area contributed by atoms with Crippen molar-refractivity contribution < 1.29 is 14.7 Å². The second kappa shape index (κ2) is 5.19. The number of nitrogens with zero attached hydrogens (tertiary/aromatic N) is 4. The lowest BCUT2D eigenvalue weighted by molar-refractivity contribution is 0.0807. The molecule has 0 bridgehead atoms. The second-order valence-corrected chi connectivity index (χ2v) is 3.45. The monoisotopic (exact) mass is 241 g/mol. The highest BCUT2D eigenvalue weighted by Crippen LogP contribution is 2.12. The van der Waals surface area contributed by atoms with Gasteiger partial charge in [0.1, 0.15) is 0 Å². The van der Waals surface area contributed by atoms with Crippen LogP contribution in [0, 0.1) is 0 Å². The molecule has 1 amide bonds. The molecule has 0 aliphatic rings. The van der Waals surface area contributed by atoms with Crippen molar-refractivity contribution in [3.05, 3.63) is 11.8 Å². The average Bonchev–Trinajstić information content (AvgIpc) is 2.69. The highest BCUT2D eigenvalue weighted by atomic mass is 16.5. The lowest BCUT2D eigenvalue weighted by Gasteiger charge is -2.14. The summed E-state index contributed by atoms with van der Waals surface area (Å²) in [6.45, 7) is 0.0220. The molecular weight excluding hydrogens is 226 g/mol. The number of oxime groups is 1. The summed E-state index contributed by atoms with van der Waals surface area (Å²) in [7, 11) is 4.69. The zero-order valence-electron chi connectivity index (χ0n) is 9.91. The number of carbonyl (C=O) groups is 1. The molecule has 1 aromatic heterocycles. The summed E-state index contributed by atoms with van der Waals surface area (Å²) >= 11 is 0. The highest BCUT2D eigenvalue weighted by molar-refractivity contribution is 5.95. The molecule has 8 heteroatoms. The summed E-state index contributed by atoms with van der Waals surface area (Å²) in [5.41, 5.74) is 5.54. The van der Waals surface area contributed by atoms with E-state index in [1.54, 1.807) is 7.05 Å². The number of hydrogen-bond acceptors (Lipinski definition) is 5. The third kappa shape index (κ3) is 2.86. The first-order valence-electron chi connectivity index (χ1n) is 4.79. The molecule has 0 radical (unpaired) electrons. The lowest BCUT2D eigenvalue weighted by atomic mass is 10.3. The molecule has 1 aromatic rings. The molecule has 0 unspecified atom stereocenters. The lowest BCUT2D eigenvalue weighted by Crippen LogP contribution is -2.35. The molecular formula is C9H15N5O3. The number of amides is 1. The average molecular weight is 241 g/mol. The Labute approximate surface area is 98.2 Å². The summed E-state index contributed by atoms with van der Waals surface area (Å²) < 4.78 is 6.45. The molecule has 0 saturated heterocycles. The predicted molar refractivity (Wildman–Crippen MR) is 60.1 cm³/mol. The minimum atomic E-state index is -0.337. The van der Waals surface area contributed by atoms with E-state index in [-0.39, 0.29) is 24.0 Å². The van der Waals surface area contributed by atoms with E-state index in [4.69, 9.17) is 15.7 Å². The molecule has 0 atom stereocenters. The minimum absolute atomic E-state index is 0.0220. The maximum absolute atomic E-state index is 11.9. The molecule has 17 heavy (non-hydrogen) atoms. The van der Waals surface area contributed by atoms with Gasteiger partial charge in [-0.25, -0.2) is 4.68 Å². The van der Waals surface area contributed by atoms with Gasteiger partial charge in [-0.2, -0.15) is 5.10 Å². The molecule has 0 fully saturated rings. The summed E-state index contributed by atoms with van der Waals surface area (Å²) in [6, 6.07) is 1.52. The van der Waals surface area contributed by atoms with E-state index >= 15 is 0 Å². The summed E-state index contributed by atoms with van der Waals surface area (Å²) in [5, 5.41) is 15.2. The van der Waals surface area contributed by atoms with Crippen LogP contribution in [0.25, 0.3) is 0 Å². The molecule has 8 nitrogen and oxygen atoms in total. The van der Waals surface area contributed by atoms with Crippen molar-refractivity contribution >= 4 is 11.7 Å². The van der Waals surface area contributed by atoms with Crippen molar-refractivity contribution in [3.8, 4) is 5.88 Å². The Bertz CT molecular complexity index is 440. The van der Waals surface area contributed by atoms with E-state index in [0.29, 0.717) is 5.88 Å². The molecule has 0 saturated carbocycles. The van der Waals surface area contributed by atoms with Gasteiger partial charge in [-0.05, 0) is 0 Å². The van der Waals surface area contributed by atoms with Crippen molar-refractivity contribution in [2.75, 3.05) is 20.7 Å². The fourth-order valence-electron chi connectivity index (χ4n) is 1.29. The van der Waals surface area contributed by atoms with Gasteiger partial charge >= 0.3 is 0 Å². The molecule has 1 heterocycles. The van der Waals surface area contributed by atoms with Gasteiger partial charge in [0.25, 0.3) is 5.91 Å². The fourth-order valence-corrected chi connectivity index (χ4v) is 1.29. The molecule has 1 rings (SSSR count). The van der Waals surface area contributed by atoms with Crippen molar-refractivity contribution in [1.29, 1.82) is 0 Å². The highest BCUT2D eigenvalue weighted by Gasteiger charge is 2.18. The van der Waals surface area contributed by atoms with Crippen molar-refractivity contribution in [1.82, 2.24) is 14.7 Å². The van der Waals surface area contributed by atoms with Crippen LogP contribution in [0.1, 0.15) is 10.5 Å². The van der Waals surface area contributed by atoms with Crippen LogP contribution in [0.15, 0.2) is 11.2 Å². The van der Waals surface area contributed by atoms with Gasteiger partial charge in [0.05, 0.1) is 13.7 Å². The smallest absolute Gasteiger partial charge is 0.274 e. The first-order valence-corrected chi connectivity index (χ1v) is 4.79. The van der Waals surface area contributed by atoms with Gasteiger partial charge in [-0.1, -0.05) is 5.16 Å². The Balaban J connectivity index is 2.81. The number of carbonyl (C=O) groups excluding carboxylic acids is 1. The summed E-state index contributed by atoms with van der Waals surface area (Å²) in [5.74, 6) is 0.0878. The SMILES string of the molecule is COc1cc(C(=O)N(C)CC(N)=NO)nn1C. The Hall–Kier alpha value is -2.25. The predicted octanol–water partition coefficient (Wildman–Crippen LogP) is -0.753. The van der Waals surface area contributed by atoms with E-state index in [1.807, 2.05) is 0 Å². The number of likely N-dealkylation sites (N-methyl/N-ethyl adjacent to an activating group) is 1. The quantitative estimate of drug-likeness (QED) is 0.312. The van der Waals surface area contributed by atoms with Crippen LogP contribution in [0.2, 0.25) is 0 Å². The minimum Gasteiger partial charge on any atom is -0.481 e. The van der Waals surface area contributed by atoms with Gasteiger partial charge in [0.15, 0.2) is 11.5 Å². The maximum atomic E-state index is 11.9. The zero-order chi connectivity index (χ0) is 13.0. The number of hydrogen-bond donors (Lipinski definition) is 2. The van der Waals surface area contributed by atoms with Crippen LogP contribution in [-0.2, 0) is 7.05 Å². The number of aryl methyl sites for hydroxylation is 1. The summed E-state index contributed by atoms with van der Waals surface area (Å²) in [6.07, 6.45) is 0. The van der Waals surface area contributed by atoms with Crippen LogP contribution in [-0.4, -0.2) is 52.3 Å². The molecule has 0 aliphatic heterocycles. The second-order valence-electron chi connectivity index (χ2n) is 3.45. The third-order valence-electron chi connectivity index (χ3n) is 2.14. The van der Waals surface area contributed by atoms with Gasteiger partial charge in [0, 0.05) is 20.2 Å². The Kier molecular flexibility index (Phi) is 3.91. The van der Waals surface area contributed by atoms with Crippen LogP contribution in [0.5, 0.6) is 5.88 Å². The van der Waals surface area contributed by atoms with E-state index in [0.717, 1.165) is 0 Å². The summed E-state index contributed by atoms with van der Waals surface area (Å²) in [4.78, 5) is 13.2. The Morgan fingerprint density at radius 1 is 1.76 bits per heavy atom. The Morgan fingerprint density at radius 2 is 2.41 bits per heavy atom. The number of nitrogens with two attached hydrogens (primary N) is 1. The van der Waals surface area contributed by atoms with Crippen molar-refractivity contribution in [2.24, 2.45) is 17.9 Å². The number of methoxy groups -OCH3 is 1. The fraction of sp³-hybridized carbons (Fsp3) is 0.444. The topological polar surface area (TPSA) is 106 Å². The number of rotatable bonds is 4. The van der Waals surface area contributed by atoms with Crippen LogP contribution in [0.3, 0.4) is 0 Å². The largest absolute Gasteiger partial charge is 0.481 e. The van der Waals surface area contributed by atoms with Gasteiger partial charge in [-0.3, -0.25) is 4.79 Å². The number of aromatic nitrogens is 2. The van der Waals surface area contributed by atoms with Crippen molar-refractivity contribution in [2.45, 2.75) is 0 Å². The normalized spacial score (nSPS) is 11.4. The Morgan fingerprint density at radius 3 is 2.88 bits per heavy atom. The molecule has 0 aromatic carbocycles. The third-order valence-corrected chi connectivity index (χ3v) is 2.14. The zero-order valence-corrected chi connectivity index (χ0v) is 9.91. The van der Waals surface area contributed by atoms with Crippen LogP contribution >= 0.6 is 0 Å². The number of amidine groups is 1. The first kappa shape index (κ1) is 12.8. The molecule has 0 spiro atoms. The standard InChI is InChI=1S/C9H15N5O3/c1-13(5-7(10)12-16)9(15)6-4-8(17-3)14(2)11-6/h4,16H,5H2,1-3H3,(H2,10,12). The van der Waals surface area contributed by atoms with Gasteiger partial charge in [0.2, 0.25) is 5.88 Å². The van der Waals surface area contributed by atoms with E-state index in [9.17, 15) is 4.79 Å². The van der Waals surface area contributed by atoms with Crippen LogP contribution < -0.4 is 10.5 Å². The van der Waals surface area contributed by atoms with Gasteiger partial charge in [-0.15, -0.1) is 0 Å². The van der Waals surface area contributed by atoms with Gasteiger partial charge < -0.3 is 20.6 Å². The first-order chi connectivity index (χ1) is 7.99. The van der Waals surface area contributed by atoms with E-state index in [2.05, 4.69) is 10.3 Å². The molecule has 94 valence electrons. The van der Waals surface area contributed by atoms with E-state index in [1.165, 1.54) is 29.8 Å². The van der Waals surface area contributed by atoms with Crippen molar-refractivity contribution in [3.63, 3.8) is 0 Å². The number of ether oxygens (including phenoxy) is 1. The molecule has 3 N–H and O–H groups in total. The van der Waals surface area contributed by atoms with Crippen LogP contribution in [0.4, 0.5) is 0 Å². The molecule has 0 aliphatic carbocycles. The van der Waals surface area contributed by atoms with E-state index < -0.39 is 0 Å². The maximum Gasteiger partial charge on any atom is 0.274 e.